The van der Waals surface area contributed by atoms with Gasteiger partial charge in [-0.3, -0.25) is 14.9 Å². The normalized spacial score (nSPS) is 21.9. The highest BCUT2D eigenvalue weighted by Gasteiger charge is 2.28. The van der Waals surface area contributed by atoms with E-state index in [1.807, 2.05) is 0 Å². The summed E-state index contributed by atoms with van der Waals surface area (Å²) in [6.07, 6.45) is 4.65. The first-order chi connectivity index (χ1) is 10.5. The first kappa shape index (κ1) is 16.2. The maximum Gasteiger partial charge on any atom is 0.284 e. The SMILES string of the molecule is Nc1cccc([N+](=O)[O-])c1C(=O)NC1CCCCCC1CO. The van der Waals surface area contributed by atoms with Crippen LogP contribution in [0.1, 0.15) is 42.5 Å². The molecule has 1 aromatic carbocycles. The zero-order valence-electron chi connectivity index (χ0n) is 12.3. The monoisotopic (exact) mass is 307 g/mol. The van der Waals surface area contributed by atoms with E-state index >= 15 is 0 Å². The number of benzene rings is 1. The summed E-state index contributed by atoms with van der Waals surface area (Å²) in [5.41, 5.74) is 5.43. The third-order valence-corrected chi connectivity index (χ3v) is 4.21. The topological polar surface area (TPSA) is 118 Å². The number of nitrogen functional groups attached to an aromatic ring is 1. The number of nitro groups is 1. The molecule has 0 heterocycles. The number of hydrogen-bond donors (Lipinski definition) is 3. The van der Waals surface area contributed by atoms with Gasteiger partial charge in [0.2, 0.25) is 0 Å². The molecule has 120 valence electrons. The van der Waals surface area contributed by atoms with Crippen LogP contribution in [0.4, 0.5) is 11.4 Å². The Balaban J connectivity index is 2.23. The lowest BCUT2D eigenvalue weighted by atomic mass is 9.95. The second kappa shape index (κ2) is 7.22. The summed E-state index contributed by atoms with van der Waals surface area (Å²) in [6, 6.07) is 4.01. The minimum Gasteiger partial charge on any atom is -0.398 e. The van der Waals surface area contributed by atoms with Gasteiger partial charge in [-0.2, -0.15) is 0 Å². The van der Waals surface area contributed by atoms with Gasteiger partial charge >= 0.3 is 0 Å². The molecule has 2 atom stereocenters. The Hall–Kier alpha value is -2.15. The zero-order chi connectivity index (χ0) is 16.1. The second-order valence-electron chi connectivity index (χ2n) is 5.66. The number of nitrogens with one attached hydrogen (secondary N) is 1. The Morgan fingerprint density at radius 2 is 2.09 bits per heavy atom. The second-order valence-corrected chi connectivity index (χ2v) is 5.66. The quantitative estimate of drug-likeness (QED) is 0.339. The predicted molar refractivity (Wildman–Crippen MR) is 82.4 cm³/mol. The molecule has 7 nitrogen and oxygen atoms in total. The Morgan fingerprint density at radius 1 is 1.36 bits per heavy atom. The number of rotatable bonds is 4. The first-order valence-electron chi connectivity index (χ1n) is 7.49. The summed E-state index contributed by atoms with van der Waals surface area (Å²) >= 11 is 0. The van der Waals surface area contributed by atoms with E-state index in [9.17, 15) is 20.0 Å². The van der Waals surface area contributed by atoms with Gasteiger partial charge in [0.05, 0.1) is 10.6 Å². The average Bonchev–Trinajstić information content (AvgIpc) is 2.71. The van der Waals surface area contributed by atoms with Gasteiger partial charge in [0.25, 0.3) is 11.6 Å². The molecule has 0 bridgehead atoms. The van der Waals surface area contributed by atoms with E-state index in [1.54, 1.807) is 0 Å². The molecular formula is C15H21N3O4. The Kier molecular flexibility index (Phi) is 5.32. The summed E-state index contributed by atoms with van der Waals surface area (Å²) in [4.78, 5) is 22.9. The number of aliphatic hydroxyl groups is 1. The van der Waals surface area contributed by atoms with Gasteiger partial charge in [0.1, 0.15) is 5.56 Å². The minimum absolute atomic E-state index is 0.00267. The van der Waals surface area contributed by atoms with Crippen LogP contribution in [0.25, 0.3) is 0 Å². The molecule has 7 heteroatoms. The third-order valence-electron chi connectivity index (χ3n) is 4.21. The Morgan fingerprint density at radius 3 is 2.77 bits per heavy atom. The number of nitrogens with zero attached hydrogens (tertiary/aromatic N) is 1. The van der Waals surface area contributed by atoms with Gasteiger partial charge in [-0.25, -0.2) is 0 Å². The van der Waals surface area contributed by atoms with Gasteiger partial charge in [0.15, 0.2) is 0 Å². The number of nitrogens with two attached hydrogens (primary N) is 1. The summed E-state index contributed by atoms with van der Waals surface area (Å²) in [7, 11) is 0. The summed E-state index contributed by atoms with van der Waals surface area (Å²) in [5, 5.41) is 23.4. The highest BCUT2D eigenvalue weighted by atomic mass is 16.6. The molecule has 22 heavy (non-hydrogen) atoms. The summed E-state index contributed by atoms with van der Waals surface area (Å²) in [5.74, 6) is -0.564. The van der Waals surface area contributed by atoms with E-state index < -0.39 is 10.8 Å². The molecule has 0 spiro atoms. The molecule has 1 aliphatic carbocycles. The molecule has 1 fully saturated rings. The van der Waals surface area contributed by atoms with Gasteiger partial charge in [-0.05, 0) is 18.9 Å². The van der Waals surface area contributed by atoms with E-state index in [4.69, 9.17) is 5.73 Å². The number of anilines is 1. The smallest absolute Gasteiger partial charge is 0.284 e. The fourth-order valence-corrected chi connectivity index (χ4v) is 2.99. The molecule has 0 radical (unpaired) electrons. The highest BCUT2D eigenvalue weighted by Crippen LogP contribution is 2.27. The lowest BCUT2D eigenvalue weighted by Gasteiger charge is -2.24. The molecule has 1 amide bonds. The summed E-state index contributed by atoms with van der Waals surface area (Å²) < 4.78 is 0. The van der Waals surface area contributed by atoms with Crippen molar-refractivity contribution in [1.82, 2.24) is 5.32 Å². The fraction of sp³-hybridized carbons (Fsp3) is 0.533. The molecule has 0 saturated heterocycles. The standard InChI is InChI=1S/C15H21N3O4/c16-11-6-4-8-13(18(21)22)14(11)15(20)17-12-7-3-1-2-5-10(12)9-19/h4,6,8,10,12,19H,1-3,5,7,9,16H2,(H,17,20). The van der Waals surface area contributed by atoms with E-state index in [1.165, 1.54) is 18.2 Å². The lowest BCUT2D eigenvalue weighted by Crippen LogP contribution is -2.41. The van der Waals surface area contributed by atoms with Gasteiger partial charge in [0, 0.05) is 24.6 Å². The van der Waals surface area contributed by atoms with Crippen molar-refractivity contribution in [3.63, 3.8) is 0 Å². The maximum atomic E-state index is 12.5. The molecule has 1 saturated carbocycles. The van der Waals surface area contributed by atoms with E-state index in [-0.39, 0.29) is 35.5 Å². The van der Waals surface area contributed by atoms with Crippen LogP contribution in [-0.4, -0.2) is 28.6 Å². The Labute approximate surface area is 128 Å². The van der Waals surface area contributed by atoms with Gasteiger partial charge < -0.3 is 16.2 Å². The van der Waals surface area contributed by atoms with Crippen LogP contribution < -0.4 is 11.1 Å². The molecule has 1 aliphatic rings. The molecule has 4 N–H and O–H groups in total. The molecule has 1 aromatic rings. The van der Waals surface area contributed by atoms with Crippen LogP contribution in [0.5, 0.6) is 0 Å². The van der Waals surface area contributed by atoms with Crippen LogP contribution >= 0.6 is 0 Å². The highest BCUT2D eigenvalue weighted by molar-refractivity contribution is 6.03. The Bertz CT molecular complexity index is 562. The molecule has 0 aliphatic heterocycles. The lowest BCUT2D eigenvalue weighted by molar-refractivity contribution is -0.385. The number of aliphatic hydroxyl groups excluding tert-OH is 1. The predicted octanol–water partition coefficient (Wildman–Crippen LogP) is 1.85. The van der Waals surface area contributed by atoms with Crippen LogP contribution in [0.2, 0.25) is 0 Å². The number of amides is 1. The molecule has 0 aromatic heterocycles. The van der Waals surface area contributed by atoms with Gasteiger partial charge in [-0.15, -0.1) is 0 Å². The van der Waals surface area contributed by atoms with Crippen LogP contribution in [0.15, 0.2) is 18.2 Å². The molecule has 2 unspecified atom stereocenters. The van der Waals surface area contributed by atoms with Crippen molar-refractivity contribution in [3.05, 3.63) is 33.9 Å². The fourth-order valence-electron chi connectivity index (χ4n) is 2.99. The molecular weight excluding hydrogens is 286 g/mol. The first-order valence-corrected chi connectivity index (χ1v) is 7.49. The molecule has 2 rings (SSSR count). The van der Waals surface area contributed by atoms with Crippen LogP contribution in [-0.2, 0) is 0 Å². The largest absolute Gasteiger partial charge is 0.398 e. The number of hydrogen-bond acceptors (Lipinski definition) is 5. The van der Waals surface area contributed by atoms with Crippen molar-refractivity contribution in [2.24, 2.45) is 5.92 Å². The van der Waals surface area contributed by atoms with E-state index in [2.05, 4.69) is 5.32 Å². The average molecular weight is 307 g/mol. The van der Waals surface area contributed by atoms with Crippen LogP contribution in [0, 0.1) is 16.0 Å². The summed E-state index contributed by atoms with van der Waals surface area (Å²) in [6.45, 7) is -0.00267. The maximum absolute atomic E-state index is 12.5. The van der Waals surface area contributed by atoms with Crippen molar-refractivity contribution in [3.8, 4) is 0 Å². The van der Waals surface area contributed by atoms with E-state index in [0.29, 0.717) is 0 Å². The van der Waals surface area contributed by atoms with Crippen molar-refractivity contribution >= 4 is 17.3 Å². The third kappa shape index (κ3) is 3.54. The van der Waals surface area contributed by atoms with Crippen molar-refractivity contribution in [2.75, 3.05) is 12.3 Å². The van der Waals surface area contributed by atoms with Crippen LogP contribution in [0.3, 0.4) is 0 Å². The number of carbonyl (C=O) groups is 1. The zero-order valence-corrected chi connectivity index (χ0v) is 12.3. The number of nitro benzene ring substituents is 1. The minimum atomic E-state index is -0.609. The van der Waals surface area contributed by atoms with E-state index in [0.717, 1.165) is 32.1 Å². The van der Waals surface area contributed by atoms with Gasteiger partial charge in [-0.1, -0.05) is 25.3 Å². The van der Waals surface area contributed by atoms with Crippen molar-refractivity contribution in [1.29, 1.82) is 0 Å². The van der Waals surface area contributed by atoms with Crippen molar-refractivity contribution in [2.45, 2.75) is 38.1 Å². The van der Waals surface area contributed by atoms with Crippen molar-refractivity contribution < 1.29 is 14.8 Å². The number of carbonyl (C=O) groups excluding carboxylic acids is 1.